The second-order valence-corrected chi connectivity index (χ2v) is 5.92. The van der Waals surface area contributed by atoms with E-state index >= 15 is 0 Å². The van der Waals surface area contributed by atoms with Crippen molar-refractivity contribution < 1.29 is 9.15 Å². The largest absolute Gasteiger partial charge is 0.465 e. The number of morpholine rings is 1. The van der Waals surface area contributed by atoms with Gasteiger partial charge in [-0.25, -0.2) is 0 Å². The molecular weight excluding hydrogens is 252 g/mol. The summed E-state index contributed by atoms with van der Waals surface area (Å²) >= 11 is 0. The zero-order valence-corrected chi connectivity index (χ0v) is 13.2. The highest BCUT2D eigenvalue weighted by molar-refractivity contribution is 5.20. The summed E-state index contributed by atoms with van der Waals surface area (Å²) in [6.07, 6.45) is 1.77. The minimum absolute atomic E-state index is 0.306. The van der Waals surface area contributed by atoms with E-state index in [-0.39, 0.29) is 0 Å². The van der Waals surface area contributed by atoms with Crippen molar-refractivity contribution in [1.29, 1.82) is 0 Å². The lowest BCUT2D eigenvalue weighted by molar-refractivity contribution is -0.0718. The number of rotatable bonds is 6. The molecule has 1 aliphatic rings. The SMILES string of the molecule is CCCNCc1cc(CN2CC(C)OC(C)C2)oc1C. The van der Waals surface area contributed by atoms with E-state index in [4.69, 9.17) is 9.15 Å². The van der Waals surface area contributed by atoms with Gasteiger partial charge >= 0.3 is 0 Å². The topological polar surface area (TPSA) is 37.6 Å². The lowest BCUT2D eigenvalue weighted by atomic mass is 10.2. The van der Waals surface area contributed by atoms with Crippen LogP contribution < -0.4 is 5.32 Å². The van der Waals surface area contributed by atoms with E-state index in [2.05, 4.69) is 44.0 Å². The van der Waals surface area contributed by atoms with Crippen molar-refractivity contribution in [2.45, 2.75) is 59.4 Å². The van der Waals surface area contributed by atoms with Crippen LogP contribution in [-0.4, -0.2) is 36.7 Å². The molecule has 2 unspecified atom stereocenters. The Bertz CT molecular complexity index is 407. The Morgan fingerprint density at radius 1 is 1.30 bits per heavy atom. The molecule has 20 heavy (non-hydrogen) atoms. The lowest BCUT2D eigenvalue weighted by Crippen LogP contribution is -2.44. The van der Waals surface area contributed by atoms with Crippen molar-refractivity contribution in [1.82, 2.24) is 10.2 Å². The van der Waals surface area contributed by atoms with E-state index in [0.717, 1.165) is 50.7 Å². The fourth-order valence-corrected chi connectivity index (χ4v) is 2.87. The standard InChI is InChI=1S/C16H28N2O2/c1-5-6-17-8-15-7-16(20-14(15)4)11-18-9-12(2)19-13(3)10-18/h7,12-13,17H,5-6,8-11H2,1-4H3. The van der Waals surface area contributed by atoms with Crippen LogP contribution in [0.2, 0.25) is 0 Å². The molecule has 1 aliphatic heterocycles. The van der Waals surface area contributed by atoms with Crippen LogP contribution in [-0.2, 0) is 17.8 Å². The molecule has 114 valence electrons. The number of furan rings is 1. The van der Waals surface area contributed by atoms with Crippen molar-refractivity contribution >= 4 is 0 Å². The number of hydrogen-bond acceptors (Lipinski definition) is 4. The van der Waals surface area contributed by atoms with Crippen molar-refractivity contribution in [2.75, 3.05) is 19.6 Å². The number of nitrogens with zero attached hydrogens (tertiary/aromatic N) is 1. The first-order valence-corrected chi connectivity index (χ1v) is 7.75. The second-order valence-electron chi connectivity index (χ2n) is 5.92. The molecule has 1 aromatic heterocycles. The fraction of sp³-hybridized carbons (Fsp3) is 0.750. The Morgan fingerprint density at radius 2 is 2.00 bits per heavy atom. The predicted molar refractivity (Wildman–Crippen MR) is 80.7 cm³/mol. The average Bonchev–Trinajstić information content (AvgIpc) is 2.68. The Kier molecular flexibility index (Phi) is 5.64. The van der Waals surface area contributed by atoms with E-state index in [9.17, 15) is 0 Å². The van der Waals surface area contributed by atoms with Crippen LogP contribution in [0.4, 0.5) is 0 Å². The van der Waals surface area contributed by atoms with Crippen LogP contribution >= 0.6 is 0 Å². The zero-order chi connectivity index (χ0) is 14.5. The highest BCUT2D eigenvalue weighted by Crippen LogP contribution is 2.19. The van der Waals surface area contributed by atoms with Crippen molar-refractivity contribution in [3.63, 3.8) is 0 Å². The first-order valence-electron chi connectivity index (χ1n) is 7.75. The third kappa shape index (κ3) is 4.33. The fourth-order valence-electron chi connectivity index (χ4n) is 2.87. The molecule has 0 saturated carbocycles. The lowest BCUT2D eigenvalue weighted by Gasteiger charge is -2.34. The molecule has 1 aromatic rings. The predicted octanol–water partition coefficient (Wildman–Crippen LogP) is 2.70. The third-order valence-corrected chi connectivity index (χ3v) is 3.69. The van der Waals surface area contributed by atoms with Gasteiger partial charge in [0, 0.05) is 25.2 Å². The molecule has 1 fully saturated rings. The second kappa shape index (κ2) is 7.25. The van der Waals surface area contributed by atoms with Crippen molar-refractivity contribution in [3.05, 3.63) is 23.2 Å². The van der Waals surface area contributed by atoms with Crippen LogP contribution in [0.5, 0.6) is 0 Å². The molecule has 0 bridgehead atoms. The molecule has 0 amide bonds. The monoisotopic (exact) mass is 280 g/mol. The van der Waals surface area contributed by atoms with E-state index in [0.29, 0.717) is 12.2 Å². The summed E-state index contributed by atoms with van der Waals surface area (Å²) in [4.78, 5) is 2.42. The average molecular weight is 280 g/mol. The van der Waals surface area contributed by atoms with Crippen molar-refractivity contribution in [3.8, 4) is 0 Å². The van der Waals surface area contributed by atoms with Gasteiger partial charge in [-0.05, 0) is 39.8 Å². The molecule has 2 atom stereocenters. The summed E-state index contributed by atoms with van der Waals surface area (Å²) in [5, 5.41) is 3.43. The van der Waals surface area contributed by atoms with Crippen LogP contribution in [0.15, 0.2) is 10.5 Å². The summed E-state index contributed by atoms with van der Waals surface area (Å²) in [7, 11) is 0. The Balaban J connectivity index is 1.91. The number of nitrogens with one attached hydrogen (secondary N) is 1. The normalized spacial score (nSPS) is 24.2. The number of hydrogen-bond donors (Lipinski definition) is 1. The van der Waals surface area contributed by atoms with E-state index in [1.165, 1.54) is 5.56 Å². The molecule has 0 aromatic carbocycles. The molecule has 0 aliphatic carbocycles. The Labute approximate surface area is 122 Å². The van der Waals surface area contributed by atoms with Gasteiger partial charge in [0.1, 0.15) is 11.5 Å². The molecule has 2 rings (SSSR count). The number of ether oxygens (including phenoxy) is 1. The molecule has 1 N–H and O–H groups in total. The molecular formula is C16H28N2O2. The van der Waals surface area contributed by atoms with Gasteiger partial charge in [0.25, 0.3) is 0 Å². The van der Waals surface area contributed by atoms with Crippen LogP contribution in [0.25, 0.3) is 0 Å². The Hall–Kier alpha value is -0.840. The van der Waals surface area contributed by atoms with Crippen LogP contribution in [0.1, 0.15) is 44.3 Å². The maximum Gasteiger partial charge on any atom is 0.118 e. The van der Waals surface area contributed by atoms with Gasteiger partial charge in [-0.2, -0.15) is 0 Å². The van der Waals surface area contributed by atoms with Crippen molar-refractivity contribution in [2.24, 2.45) is 0 Å². The minimum atomic E-state index is 0.306. The van der Waals surface area contributed by atoms with Gasteiger partial charge in [0.05, 0.1) is 18.8 Å². The van der Waals surface area contributed by atoms with E-state index in [1.807, 2.05) is 0 Å². The summed E-state index contributed by atoms with van der Waals surface area (Å²) in [5.74, 6) is 2.11. The molecule has 0 spiro atoms. The van der Waals surface area contributed by atoms with Gasteiger partial charge < -0.3 is 14.5 Å². The first-order chi connectivity index (χ1) is 9.58. The number of aryl methyl sites for hydroxylation is 1. The smallest absolute Gasteiger partial charge is 0.118 e. The maximum atomic E-state index is 5.90. The summed E-state index contributed by atoms with van der Waals surface area (Å²) < 4.78 is 11.7. The summed E-state index contributed by atoms with van der Waals surface area (Å²) in [6, 6.07) is 2.20. The van der Waals surface area contributed by atoms with Gasteiger partial charge in [-0.3, -0.25) is 4.90 Å². The van der Waals surface area contributed by atoms with Crippen LogP contribution in [0, 0.1) is 6.92 Å². The zero-order valence-electron chi connectivity index (χ0n) is 13.2. The van der Waals surface area contributed by atoms with Gasteiger partial charge in [-0.1, -0.05) is 6.92 Å². The highest BCUT2D eigenvalue weighted by atomic mass is 16.5. The maximum absolute atomic E-state index is 5.90. The third-order valence-electron chi connectivity index (χ3n) is 3.69. The molecule has 4 heteroatoms. The quantitative estimate of drug-likeness (QED) is 0.813. The van der Waals surface area contributed by atoms with Crippen LogP contribution in [0.3, 0.4) is 0 Å². The van der Waals surface area contributed by atoms with Gasteiger partial charge in [0.2, 0.25) is 0 Å². The highest BCUT2D eigenvalue weighted by Gasteiger charge is 2.23. The molecule has 4 nitrogen and oxygen atoms in total. The summed E-state index contributed by atoms with van der Waals surface area (Å²) in [5.41, 5.74) is 1.28. The first kappa shape index (κ1) is 15.5. The Morgan fingerprint density at radius 3 is 2.65 bits per heavy atom. The van der Waals surface area contributed by atoms with E-state index in [1.54, 1.807) is 0 Å². The minimum Gasteiger partial charge on any atom is -0.465 e. The summed E-state index contributed by atoms with van der Waals surface area (Å²) in [6.45, 7) is 13.3. The van der Waals surface area contributed by atoms with E-state index < -0.39 is 0 Å². The van der Waals surface area contributed by atoms with Gasteiger partial charge in [0.15, 0.2) is 0 Å². The van der Waals surface area contributed by atoms with Gasteiger partial charge in [-0.15, -0.1) is 0 Å². The molecule has 1 saturated heterocycles. The molecule has 2 heterocycles. The molecule has 0 radical (unpaired) electrons.